The molecule has 0 spiro atoms. The normalized spacial score (nSPS) is 10.9. The van der Waals surface area contributed by atoms with Gasteiger partial charge in [-0.15, -0.1) is 0 Å². The fourth-order valence-electron chi connectivity index (χ4n) is 1.70. The molecule has 0 bridgehead atoms. The maximum atomic E-state index is 10.7. The van der Waals surface area contributed by atoms with Crippen molar-refractivity contribution in [3.05, 3.63) is 74.8 Å². The SMILES string of the molecule is N#CC(=Cc1cccc([N+](=O)[O-])c1)c1ccc(Cl)cc1. The zero-order valence-corrected chi connectivity index (χ0v) is 11.0. The zero-order chi connectivity index (χ0) is 14.5. The first-order valence-corrected chi connectivity index (χ1v) is 6.10. The van der Waals surface area contributed by atoms with Crippen molar-refractivity contribution in [3.8, 4) is 6.07 Å². The van der Waals surface area contributed by atoms with Gasteiger partial charge in [0.2, 0.25) is 0 Å². The van der Waals surface area contributed by atoms with E-state index in [9.17, 15) is 15.4 Å². The summed E-state index contributed by atoms with van der Waals surface area (Å²) in [7, 11) is 0. The van der Waals surface area contributed by atoms with E-state index in [2.05, 4.69) is 6.07 Å². The van der Waals surface area contributed by atoms with Gasteiger partial charge in [-0.2, -0.15) is 5.26 Å². The highest BCUT2D eigenvalue weighted by Crippen LogP contribution is 2.21. The number of nitrogens with zero attached hydrogens (tertiary/aromatic N) is 2. The summed E-state index contributed by atoms with van der Waals surface area (Å²) < 4.78 is 0. The van der Waals surface area contributed by atoms with Crippen LogP contribution in [0.3, 0.4) is 0 Å². The summed E-state index contributed by atoms with van der Waals surface area (Å²) >= 11 is 5.80. The van der Waals surface area contributed by atoms with Crippen LogP contribution in [0.5, 0.6) is 0 Å². The molecule has 98 valence electrons. The second-order valence-corrected chi connectivity index (χ2v) is 4.47. The van der Waals surface area contributed by atoms with Crippen molar-refractivity contribution in [2.45, 2.75) is 0 Å². The van der Waals surface area contributed by atoms with Crippen LogP contribution in [-0.2, 0) is 0 Å². The maximum Gasteiger partial charge on any atom is 0.270 e. The summed E-state index contributed by atoms with van der Waals surface area (Å²) in [4.78, 5) is 10.3. The molecule has 0 amide bonds. The van der Waals surface area contributed by atoms with Gasteiger partial charge >= 0.3 is 0 Å². The number of allylic oxidation sites excluding steroid dienone is 1. The van der Waals surface area contributed by atoms with Crippen LogP contribution in [0.25, 0.3) is 11.6 Å². The Balaban J connectivity index is 2.41. The molecule has 0 saturated heterocycles. The van der Waals surface area contributed by atoms with Crippen molar-refractivity contribution in [3.63, 3.8) is 0 Å². The monoisotopic (exact) mass is 284 g/mol. The van der Waals surface area contributed by atoms with Crippen molar-refractivity contribution in [1.82, 2.24) is 0 Å². The number of halogens is 1. The molecule has 4 nitrogen and oxygen atoms in total. The number of nitro groups is 1. The third kappa shape index (κ3) is 3.22. The van der Waals surface area contributed by atoms with Gasteiger partial charge in [0.15, 0.2) is 0 Å². The van der Waals surface area contributed by atoms with Gasteiger partial charge in [0.05, 0.1) is 16.6 Å². The van der Waals surface area contributed by atoms with Gasteiger partial charge in [0.1, 0.15) is 0 Å². The van der Waals surface area contributed by atoms with Gasteiger partial charge in [-0.05, 0) is 29.3 Å². The van der Waals surface area contributed by atoms with Gasteiger partial charge in [0.25, 0.3) is 5.69 Å². The first kappa shape index (κ1) is 13.8. The highest BCUT2D eigenvalue weighted by Gasteiger charge is 2.06. The first-order chi connectivity index (χ1) is 9.60. The van der Waals surface area contributed by atoms with Crippen LogP contribution in [0.2, 0.25) is 5.02 Å². The molecule has 0 N–H and O–H groups in total. The molecular weight excluding hydrogens is 276 g/mol. The Bertz CT molecular complexity index is 715. The van der Waals surface area contributed by atoms with Crippen LogP contribution < -0.4 is 0 Å². The summed E-state index contributed by atoms with van der Waals surface area (Å²) in [5.74, 6) is 0. The Hall–Kier alpha value is -2.64. The number of benzene rings is 2. The lowest BCUT2D eigenvalue weighted by Crippen LogP contribution is -1.88. The minimum atomic E-state index is -0.467. The van der Waals surface area contributed by atoms with E-state index in [-0.39, 0.29) is 5.69 Å². The third-order valence-corrected chi connectivity index (χ3v) is 2.92. The van der Waals surface area contributed by atoms with E-state index < -0.39 is 4.92 Å². The molecule has 0 heterocycles. The van der Waals surface area contributed by atoms with Crippen LogP contribution in [-0.4, -0.2) is 4.92 Å². The molecule has 0 aliphatic heterocycles. The highest BCUT2D eigenvalue weighted by molar-refractivity contribution is 6.30. The second-order valence-electron chi connectivity index (χ2n) is 4.03. The van der Waals surface area contributed by atoms with Crippen molar-refractivity contribution in [1.29, 1.82) is 5.26 Å². The molecule has 0 aliphatic rings. The van der Waals surface area contributed by atoms with E-state index in [1.807, 2.05) is 0 Å². The summed E-state index contributed by atoms with van der Waals surface area (Å²) in [5, 5.41) is 20.5. The van der Waals surface area contributed by atoms with Crippen LogP contribution in [0.15, 0.2) is 48.5 Å². The fourth-order valence-corrected chi connectivity index (χ4v) is 1.83. The molecule has 0 saturated carbocycles. The minimum absolute atomic E-state index is 0.00727. The van der Waals surface area contributed by atoms with Gasteiger partial charge in [-0.1, -0.05) is 35.9 Å². The van der Waals surface area contributed by atoms with Gasteiger partial charge in [0, 0.05) is 17.2 Å². The smallest absolute Gasteiger partial charge is 0.258 e. The van der Waals surface area contributed by atoms with Crippen molar-refractivity contribution in [2.24, 2.45) is 0 Å². The van der Waals surface area contributed by atoms with Gasteiger partial charge in [-0.25, -0.2) is 0 Å². The Kier molecular flexibility index (Phi) is 4.14. The van der Waals surface area contributed by atoms with Crippen LogP contribution in [0.4, 0.5) is 5.69 Å². The summed E-state index contributed by atoms with van der Waals surface area (Å²) in [6, 6.07) is 15.0. The topological polar surface area (TPSA) is 66.9 Å². The van der Waals surface area contributed by atoms with Crippen molar-refractivity contribution >= 4 is 28.9 Å². The summed E-state index contributed by atoms with van der Waals surface area (Å²) in [6.45, 7) is 0. The lowest BCUT2D eigenvalue weighted by molar-refractivity contribution is -0.384. The molecule has 0 fully saturated rings. The average Bonchev–Trinajstić information content (AvgIpc) is 2.46. The Morgan fingerprint density at radius 1 is 1.25 bits per heavy atom. The molecule has 5 heteroatoms. The van der Waals surface area contributed by atoms with E-state index in [1.54, 1.807) is 42.5 Å². The number of nitriles is 1. The standard InChI is InChI=1S/C15H9ClN2O2/c16-14-6-4-12(5-7-14)13(10-17)8-11-2-1-3-15(9-11)18(19)20/h1-9H. The Morgan fingerprint density at radius 3 is 2.55 bits per heavy atom. The van der Waals surface area contributed by atoms with E-state index in [0.717, 1.165) is 0 Å². The molecule has 2 rings (SSSR count). The van der Waals surface area contributed by atoms with Crippen molar-refractivity contribution < 1.29 is 4.92 Å². The second kappa shape index (κ2) is 6.00. The van der Waals surface area contributed by atoms with E-state index >= 15 is 0 Å². The van der Waals surface area contributed by atoms with Crippen LogP contribution in [0, 0.1) is 21.4 Å². The third-order valence-electron chi connectivity index (χ3n) is 2.67. The lowest BCUT2D eigenvalue weighted by Gasteiger charge is -2.00. The Morgan fingerprint density at radius 2 is 1.95 bits per heavy atom. The number of hydrogen-bond donors (Lipinski definition) is 0. The van der Waals surface area contributed by atoms with E-state index in [0.29, 0.717) is 21.7 Å². The molecule has 20 heavy (non-hydrogen) atoms. The van der Waals surface area contributed by atoms with Gasteiger partial charge in [-0.3, -0.25) is 10.1 Å². The molecule has 2 aromatic rings. The molecule has 2 aromatic carbocycles. The van der Waals surface area contributed by atoms with Crippen molar-refractivity contribution in [2.75, 3.05) is 0 Å². The molecule has 0 aromatic heterocycles. The number of rotatable bonds is 3. The first-order valence-electron chi connectivity index (χ1n) is 5.72. The van der Waals surface area contributed by atoms with Crippen LogP contribution in [0.1, 0.15) is 11.1 Å². The zero-order valence-electron chi connectivity index (χ0n) is 10.3. The minimum Gasteiger partial charge on any atom is -0.258 e. The summed E-state index contributed by atoms with van der Waals surface area (Å²) in [5.41, 5.74) is 1.73. The number of nitro benzene ring substituents is 1. The molecule has 0 radical (unpaired) electrons. The average molecular weight is 285 g/mol. The number of hydrogen-bond acceptors (Lipinski definition) is 3. The van der Waals surface area contributed by atoms with E-state index in [4.69, 9.17) is 11.6 Å². The van der Waals surface area contributed by atoms with Crippen LogP contribution >= 0.6 is 11.6 Å². The number of non-ortho nitro benzene ring substituents is 1. The lowest BCUT2D eigenvalue weighted by atomic mass is 10.0. The van der Waals surface area contributed by atoms with Gasteiger partial charge < -0.3 is 0 Å². The quantitative estimate of drug-likeness (QED) is 0.365. The maximum absolute atomic E-state index is 10.7. The predicted octanol–water partition coefficient (Wildman–Crippen LogP) is 4.31. The molecule has 0 atom stereocenters. The van der Waals surface area contributed by atoms with E-state index in [1.165, 1.54) is 12.1 Å². The fraction of sp³-hybridized carbons (Fsp3) is 0. The largest absolute Gasteiger partial charge is 0.270 e. The molecule has 0 aliphatic carbocycles. The molecule has 0 unspecified atom stereocenters. The highest BCUT2D eigenvalue weighted by atomic mass is 35.5. The summed E-state index contributed by atoms with van der Waals surface area (Å²) in [6.07, 6.45) is 1.61. The predicted molar refractivity (Wildman–Crippen MR) is 78.0 cm³/mol. The Labute approximate surface area is 120 Å². The molecular formula is C15H9ClN2O2.